The van der Waals surface area contributed by atoms with E-state index in [9.17, 15) is 9.50 Å². The quantitative estimate of drug-likeness (QED) is 0.676. The predicted octanol–water partition coefficient (Wildman–Crippen LogP) is 2.40. The first kappa shape index (κ1) is 15.6. The number of nitrogens with one attached hydrogen (secondary N) is 2. The molecule has 0 atom stereocenters. The molecule has 0 aromatic carbocycles. The fourth-order valence-corrected chi connectivity index (χ4v) is 1.56. The highest BCUT2D eigenvalue weighted by atomic mass is 19.1. The van der Waals surface area contributed by atoms with Crippen LogP contribution in [0.3, 0.4) is 0 Å². The highest BCUT2D eigenvalue weighted by molar-refractivity contribution is 5.41. The van der Waals surface area contributed by atoms with E-state index in [2.05, 4.69) is 20.6 Å². The first-order chi connectivity index (χ1) is 9.04. The van der Waals surface area contributed by atoms with E-state index in [4.69, 9.17) is 0 Å². The predicted molar refractivity (Wildman–Crippen MR) is 74.8 cm³/mol. The van der Waals surface area contributed by atoms with Gasteiger partial charge in [0.2, 0.25) is 5.95 Å². The SMILES string of the molecule is CCCNc1ncc(F)c(NCC(O)(CC)CC)n1. The number of hydrogen-bond acceptors (Lipinski definition) is 5. The highest BCUT2D eigenvalue weighted by Crippen LogP contribution is 2.17. The van der Waals surface area contributed by atoms with Crippen LogP contribution in [0.5, 0.6) is 0 Å². The molecule has 1 aromatic heterocycles. The van der Waals surface area contributed by atoms with Gasteiger partial charge in [-0.15, -0.1) is 0 Å². The van der Waals surface area contributed by atoms with Crippen molar-refractivity contribution in [1.29, 1.82) is 0 Å². The number of aromatic nitrogens is 2. The molecular formula is C13H23FN4O. The number of nitrogens with zero attached hydrogens (tertiary/aromatic N) is 2. The lowest BCUT2D eigenvalue weighted by Crippen LogP contribution is -2.35. The van der Waals surface area contributed by atoms with Crippen LogP contribution in [0.2, 0.25) is 0 Å². The van der Waals surface area contributed by atoms with Crippen molar-refractivity contribution in [2.75, 3.05) is 23.7 Å². The van der Waals surface area contributed by atoms with Crippen molar-refractivity contribution >= 4 is 11.8 Å². The molecule has 6 heteroatoms. The number of hydrogen-bond donors (Lipinski definition) is 3. The van der Waals surface area contributed by atoms with E-state index in [0.717, 1.165) is 19.2 Å². The standard InChI is InChI=1S/C13H23FN4O/c1-4-7-15-12-16-8-10(14)11(18-12)17-9-13(19,5-2)6-3/h8,19H,4-7,9H2,1-3H3,(H2,15,16,17,18). The summed E-state index contributed by atoms with van der Waals surface area (Å²) in [4.78, 5) is 7.92. The van der Waals surface area contributed by atoms with Gasteiger partial charge in [-0.3, -0.25) is 0 Å². The Labute approximate surface area is 113 Å². The Morgan fingerprint density at radius 2 is 1.95 bits per heavy atom. The van der Waals surface area contributed by atoms with Gasteiger partial charge in [-0.2, -0.15) is 4.98 Å². The molecule has 1 aromatic rings. The summed E-state index contributed by atoms with van der Waals surface area (Å²) in [6.45, 7) is 6.82. The van der Waals surface area contributed by atoms with Gasteiger partial charge in [0.15, 0.2) is 11.6 Å². The number of halogens is 1. The van der Waals surface area contributed by atoms with Gasteiger partial charge in [-0.25, -0.2) is 9.37 Å². The molecule has 0 amide bonds. The third-order valence-electron chi connectivity index (χ3n) is 3.18. The van der Waals surface area contributed by atoms with Gasteiger partial charge in [-0.05, 0) is 19.3 Å². The second-order valence-corrected chi connectivity index (χ2v) is 4.60. The third kappa shape index (κ3) is 4.63. The second kappa shape index (κ2) is 7.23. The summed E-state index contributed by atoms with van der Waals surface area (Å²) in [5, 5.41) is 16.0. The average molecular weight is 270 g/mol. The number of anilines is 2. The molecule has 0 fully saturated rings. The van der Waals surface area contributed by atoms with E-state index in [1.807, 2.05) is 20.8 Å². The van der Waals surface area contributed by atoms with Crippen LogP contribution >= 0.6 is 0 Å². The van der Waals surface area contributed by atoms with Gasteiger partial charge in [0.1, 0.15) is 0 Å². The van der Waals surface area contributed by atoms with Crippen molar-refractivity contribution in [3.63, 3.8) is 0 Å². The minimum atomic E-state index is -0.839. The van der Waals surface area contributed by atoms with Crippen LogP contribution < -0.4 is 10.6 Å². The zero-order valence-corrected chi connectivity index (χ0v) is 11.8. The number of rotatable bonds is 8. The Morgan fingerprint density at radius 1 is 1.26 bits per heavy atom. The zero-order valence-electron chi connectivity index (χ0n) is 11.8. The Kier molecular flexibility index (Phi) is 5.95. The zero-order chi connectivity index (χ0) is 14.3. The first-order valence-corrected chi connectivity index (χ1v) is 6.77. The van der Waals surface area contributed by atoms with Crippen molar-refractivity contribution in [2.45, 2.75) is 45.6 Å². The Hall–Kier alpha value is -1.43. The van der Waals surface area contributed by atoms with Crippen LogP contribution in [0.15, 0.2) is 6.20 Å². The summed E-state index contributed by atoms with van der Waals surface area (Å²) in [5.74, 6) is -0.00665. The van der Waals surface area contributed by atoms with Crippen LogP contribution in [0, 0.1) is 5.82 Å². The van der Waals surface area contributed by atoms with E-state index in [1.54, 1.807) is 0 Å². The molecule has 0 spiro atoms. The van der Waals surface area contributed by atoms with Gasteiger partial charge >= 0.3 is 0 Å². The molecule has 1 rings (SSSR count). The van der Waals surface area contributed by atoms with Crippen LogP contribution in [0.4, 0.5) is 16.2 Å². The van der Waals surface area contributed by atoms with Gasteiger partial charge in [0.25, 0.3) is 0 Å². The fourth-order valence-electron chi connectivity index (χ4n) is 1.56. The fraction of sp³-hybridized carbons (Fsp3) is 0.692. The number of aliphatic hydroxyl groups is 1. The largest absolute Gasteiger partial charge is 0.388 e. The molecule has 19 heavy (non-hydrogen) atoms. The highest BCUT2D eigenvalue weighted by Gasteiger charge is 2.22. The van der Waals surface area contributed by atoms with Crippen LogP contribution in [0.25, 0.3) is 0 Å². The van der Waals surface area contributed by atoms with Gasteiger partial charge in [-0.1, -0.05) is 20.8 Å². The van der Waals surface area contributed by atoms with Crippen LogP contribution in [0.1, 0.15) is 40.0 Å². The van der Waals surface area contributed by atoms with Gasteiger partial charge < -0.3 is 15.7 Å². The first-order valence-electron chi connectivity index (χ1n) is 6.77. The molecule has 0 bridgehead atoms. The molecule has 0 radical (unpaired) electrons. The van der Waals surface area contributed by atoms with Crippen molar-refractivity contribution in [1.82, 2.24) is 9.97 Å². The maximum Gasteiger partial charge on any atom is 0.224 e. The average Bonchev–Trinajstić information content (AvgIpc) is 2.44. The summed E-state index contributed by atoms with van der Waals surface area (Å²) in [7, 11) is 0. The normalized spacial score (nSPS) is 11.4. The molecule has 0 saturated heterocycles. The van der Waals surface area contributed by atoms with Crippen LogP contribution in [-0.2, 0) is 0 Å². The topological polar surface area (TPSA) is 70.1 Å². The minimum Gasteiger partial charge on any atom is -0.388 e. The molecule has 0 aliphatic carbocycles. The molecule has 0 unspecified atom stereocenters. The third-order valence-corrected chi connectivity index (χ3v) is 3.18. The Balaban J connectivity index is 2.71. The van der Waals surface area contributed by atoms with Crippen LogP contribution in [-0.4, -0.2) is 33.8 Å². The van der Waals surface area contributed by atoms with E-state index < -0.39 is 11.4 Å². The lowest BCUT2D eigenvalue weighted by molar-refractivity contribution is 0.0455. The van der Waals surface area contributed by atoms with Crippen molar-refractivity contribution in [2.24, 2.45) is 0 Å². The van der Waals surface area contributed by atoms with Crippen molar-refractivity contribution in [3.05, 3.63) is 12.0 Å². The lowest BCUT2D eigenvalue weighted by atomic mass is 9.98. The van der Waals surface area contributed by atoms with E-state index in [1.165, 1.54) is 0 Å². The molecule has 0 aliphatic rings. The lowest BCUT2D eigenvalue weighted by Gasteiger charge is -2.25. The molecule has 5 nitrogen and oxygen atoms in total. The smallest absolute Gasteiger partial charge is 0.224 e. The Morgan fingerprint density at radius 3 is 2.53 bits per heavy atom. The summed E-state index contributed by atoms with van der Waals surface area (Å²) in [6, 6.07) is 0. The Bertz CT molecular complexity index is 396. The summed E-state index contributed by atoms with van der Waals surface area (Å²) in [6.07, 6.45) is 3.27. The molecule has 1 heterocycles. The molecule has 3 N–H and O–H groups in total. The molecule has 108 valence electrons. The summed E-state index contributed by atoms with van der Waals surface area (Å²) < 4.78 is 13.6. The minimum absolute atomic E-state index is 0.119. The summed E-state index contributed by atoms with van der Waals surface area (Å²) in [5.41, 5.74) is -0.839. The van der Waals surface area contributed by atoms with E-state index in [0.29, 0.717) is 18.8 Å². The van der Waals surface area contributed by atoms with E-state index >= 15 is 0 Å². The van der Waals surface area contributed by atoms with Crippen molar-refractivity contribution < 1.29 is 9.50 Å². The monoisotopic (exact) mass is 270 g/mol. The van der Waals surface area contributed by atoms with Gasteiger partial charge in [0.05, 0.1) is 11.8 Å². The molecule has 0 aliphatic heterocycles. The van der Waals surface area contributed by atoms with Crippen molar-refractivity contribution in [3.8, 4) is 0 Å². The maximum absolute atomic E-state index is 13.6. The van der Waals surface area contributed by atoms with Gasteiger partial charge in [0, 0.05) is 13.1 Å². The second-order valence-electron chi connectivity index (χ2n) is 4.60. The maximum atomic E-state index is 13.6. The molecule has 0 saturated carbocycles. The van der Waals surface area contributed by atoms with E-state index in [-0.39, 0.29) is 12.4 Å². The summed E-state index contributed by atoms with van der Waals surface area (Å²) >= 11 is 0. The molecular weight excluding hydrogens is 247 g/mol.